The molecule has 0 saturated heterocycles. The highest BCUT2D eigenvalue weighted by Gasteiger charge is 2.05. The highest BCUT2D eigenvalue weighted by atomic mass is 14.9. The van der Waals surface area contributed by atoms with Gasteiger partial charge in [-0.1, -0.05) is 39.7 Å². The molecule has 0 amide bonds. The van der Waals surface area contributed by atoms with E-state index >= 15 is 0 Å². The Kier molecular flexibility index (Phi) is 6.20. The van der Waals surface area contributed by atoms with Crippen LogP contribution < -0.4 is 11.1 Å². The molecule has 0 aliphatic carbocycles. The van der Waals surface area contributed by atoms with Gasteiger partial charge in [0.25, 0.3) is 0 Å². The van der Waals surface area contributed by atoms with Crippen LogP contribution >= 0.6 is 0 Å². The van der Waals surface area contributed by atoms with E-state index in [-0.39, 0.29) is 6.04 Å². The summed E-state index contributed by atoms with van der Waals surface area (Å²) in [6.07, 6.45) is 3.54. The molecule has 0 heterocycles. The third-order valence-electron chi connectivity index (χ3n) is 3.39. The van der Waals surface area contributed by atoms with Crippen molar-refractivity contribution in [2.45, 2.75) is 58.9 Å². The van der Waals surface area contributed by atoms with Gasteiger partial charge in [-0.15, -0.1) is 0 Å². The van der Waals surface area contributed by atoms with Crippen molar-refractivity contribution in [1.29, 1.82) is 0 Å². The Bertz CT molecular complexity index is 358. The van der Waals surface area contributed by atoms with Crippen molar-refractivity contribution >= 4 is 5.69 Å². The quantitative estimate of drug-likeness (QED) is 0.764. The molecule has 102 valence electrons. The van der Waals surface area contributed by atoms with Gasteiger partial charge in [0.2, 0.25) is 0 Å². The van der Waals surface area contributed by atoms with Gasteiger partial charge in [0, 0.05) is 18.3 Å². The topological polar surface area (TPSA) is 38.0 Å². The average Bonchev–Trinajstić information content (AvgIpc) is 2.33. The fourth-order valence-electron chi connectivity index (χ4n) is 2.25. The van der Waals surface area contributed by atoms with E-state index in [2.05, 4.69) is 51.2 Å². The molecule has 0 aliphatic rings. The second-order valence-corrected chi connectivity index (χ2v) is 5.51. The first-order valence-corrected chi connectivity index (χ1v) is 7.14. The molecule has 0 bridgehead atoms. The van der Waals surface area contributed by atoms with Gasteiger partial charge in [-0.3, -0.25) is 0 Å². The van der Waals surface area contributed by atoms with Gasteiger partial charge in [-0.2, -0.15) is 0 Å². The number of hydrogen-bond donors (Lipinski definition) is 2. The van der Waals surface area contributed by atoms with Crippen LogP contribution in [0.2, 0.25) is 0 Å². The first-order chi connectivity index (χ1) is 8.54. The largest absolute Gasteiger partial charge is 0.383 e. The second-order valence-electron chi connectivity index (χ2n) is 5.51. The van der Waals surface area contributed by atoms with E-state index in [9.17, 15) is 0 Å². The third-order valence-corrected chi connectivity index (χ3v) is 3.39. The normalized spacial score (nSPS) is 12.8. The SMILES string of the molecule is CCCCC(N)CNc1ccc(C(C)C)c(C)c1. The third kappa shape index (κ3) is 4.69. The van der Waals surface area contributed by atoms with Gasteiger partial charge in [-0.05, 0) is 42.5 Å². The first-order valence-electron chi connectivity index (χ1n) is 7.14. The van der Waals surface area contributed by atoms with E-state index in [1.54, 1.807) is 0 Å². The van der Waals surface area contributed by atoms with E-state index in [4.69, 9.17) is 5.73 Å². The summed E-state index contributed by atoms with van der Waals surface area (Å²) in [6.45, 7) is 9.71. The van der Waals surface area contributed by atoms with Crippen LogP contribution in [0.15, 0.2) is 18.2 Å². The molecule has 1 aromatic carbocycles. The lowest BCUT2D eigenvalue weighted by Gasteiger charge is -2.15. The maximum absolute atomic E-state index is 6.06. The van der Waals surface area contributed by atoms with Crippen LogP contribution in [0, 0.1) is 6.92 Å². The molecule has 1 unspecified atom stereocenters. The molecule has 3 N–H and O–H groups in total. The van der Waals surface area contributed by atoms with E-state index in [0.29, 0.717) is 5.92 Å². The summed E-state index contributed by atoms with van der Waals surface area (Å²) in [5.41, 5.74) is 10.0. The number of anilines is 1. The van der Waals surface area contributed by atoms with Crippen molar-refractivity contribution in [1.82, 2.24) is 0 Å². The Hall–Kier alpha value is -1.02. The summed E-state index contributed by atoms with van der Waals surface area (Å²) >= 11 is 0. The number of benzene rings is 1. The molecule has 0 radical (unpaired) electrons. The molecule has 2 nitrogen and oxygen atoms in total. The van der Waals surface area contributed by atoms with E-state index in [0.717, 1.165) is 13.0 Å². The van der Waals surface area contributed by atoms with E-state index in [1.165, 1.54) is 29.7 Å². The molecule has 1 rings (SSSR count). The number of nitrogens with one attached hydrogen (secondary N) is 1. The summed E-state index contributed by atoms with van der Waals surface area (Å²) in [4.78, 5) is 0. The number of aryl methyl sites for hydroxylation is 1. The lowest BCUT2D eigenvalue weighted by atomic mass is 9.97. The average molecular weight is 248 g/mol. The molecular weight excluding hydrogens is 220 g/mol. The number of hydrogen-bond acceptors (Lipinski definition) is 2. The van der Waals surface area contributed by atoms with Crippen LogP contribution in [-0.4, -0.2) is 12.6 Å². The number of rotatable bonds is 7. The van der Waals surface area contributed by atoms with E-state index < -0.39 is 0 Å². The van der Waals surface area contributed by atoms with Crippen molar-refractivity contribution in [3.8, 4) is 0 Å². The standard InChI is InChI=1S/C16H28N2/c1-5-6-7-14(17)11-18-15-8-9-16(12(2)3)13(4)10-15/h8-10,12,14,18H,5-7,11,17H2,1-4H3. The molecule has 1 aromatic rings. The van der Waals surface area contributed by atoms with Crippen molar-refractivity contribution in [3.63, 3.8) is 0 Å². The molecule has 0 saturated carbocycles. The molecule has 1 atom stereocenters. The van der Waals surface area contributed by atoms with Crippen LogP contribution in [0.5, 0.6) is 0 Å². The van der Waals surface area contributed by atoms with Crippen molar-refractivity contribution in [2.24, 2.45) is 5.73 Å². The fourth-order valence-corrected chi connectivity index (χ4v) is 2.25. The van der Waals surface area contributed by atoms with E-state index in [1.807, 2.05) is 0 Å². The maximum Gasteiger partial charge on any atom is 0.0343 e. The Morgan fingerprint density at radius 3 is 2.56 bits per heavy atom. The Morgan fingerprint density at radius 1 is 1.28 bits per heavy atom. The van der Waals surface area contributed by atoms with Crippen LogP contribution in [0.1, 0.15) is 57.1 Å². The molecule has 0 spiro atoms. The van der Waals surface area contributed by atoms with Gasteiger partial charge in [-0.25, -0.2) is 0 Å². The van der Waals surface area contributed by atoms with Gasteiger partial charge < -0.3 is 11.1 Å². The number of nitrogens with two attached hydrogens (primary N) is 1. The van der Waals surface area contributed by atoms with Crippen molar-refractivity contribution < 1.29 is 0 Å². The fraction of sp³-hybridized carbons (Fsp3) is 0.625. The zero-order valence-corrected chi connectivity index (χ0v) is 12.3. The molecule has 0 aromatic heterocycles. The van der Waals surface area contributed by atoms with Gasteiger partial charge in [0.15, 0.2) is 0 Å². The molecular formula is C16H28N2. The monoisotopic (exact) mass is 248 g/mol. The van der Waals surface area contributed by atoms with Gasteiger partial charge in [0.1, 0.15) is 0 Å². The Morgan fingerprint density at radius 2 is 2.00 bits per heavy atom. The maximum atomic E-state index is 6.06. The van der Waals surface area contributed by atoms with Crippen LogP contribution in [0.25, 0.3) is 0 Å². The summed E-state index contributed by atoms with van der Waals surface area (Å²) in [7, 11) is 0. The van der Waals surface area contributed by atoms with Crippen molar-refractivity contribution in [2.75, 3.05) is 11.9 Å². The molecule has 0 aliphatic heterocycles. The van der Waals surface area contributed by atoms with Crippen molar-refractivity contribution in [3.05, 3.63) is 29.3 Å². The highest BCUT2D eigenvalue weighted by molar-refractivity contribution is 5.49. The lowest BCUT2D eigenvalue weighted by molar-refractivity contribution is 0.596. The summed E-state index contributed by atoms with van der Waals surface area (Å²) in [5, 5.41) is 3.44. The zero-order valence-electron chi connectivity index (χ0n) is 12.3. The minimum atomic E-state index is 0.259. The summed E-state index contributed by atoms with van der Waals surface area (Å²) in [5.74, 6) is 0.589. The van der Waals surface area contributed by atoms with Crippen LogP contribution in [0.3, 0.4) is 0 Å². The van der Waals surface area contributed by atoms with Gasteiger partial charge >= 0.3 is 0 Å². The molecule has 18 heavy (non-hydrogen) atoms. The Balaban J connectivity index is 2.51. The summed E-state index contributed by atoms with van der Waals surface area (Å²) < 4.78 is 0. The van der Waals surface area contributed by atoms with Crippen LogP contribution in [0.4, 0.5) is 5.69 Å². The predicted molar refractivity (Wildman–Crippen MR) is 81.3 cm³/mol. The Labute approximate surface area is 112 Å². The highest BCUT2D eigenvalue weighted by Crippen LogP contribution is 2.22. The minimum Gasteiger partial charge on any atom is -0.383 e. The predicted octanol–water partition coefficient (Wildman–Crippen LogP) is 4.05. The lowest BCUT2D eigenvalue weighted by Crippen LogP contribution is -2.28. The first kappa shape index (κ1) is 15.0. The second kappa shape index (κ2) is 7.42. The minimum absolute atomic E-state index is 0.259. The molecule has 2 heteroatoms. The molecule has 0 fully saturated rings. The zero-order chi connectivity index (χ0) is 13.5. The van der Waals surface area contributed by atoms with Crippen LogP contribution in [-0.2, 0) is 0 Å². The number of unbranched alkanes of at least 4 members (excludes halogenated alkanes) is 1. The van der Waals surface area contributed by atoms with Gasteiger partial charge in [0.05, 0.1) is 0 Å². The summed E-state index contributed by atoms with van der Waals surface area (Å²) in [6, 6.07) is 6.87. The smallest absolute Gasteiger partial charge is 0.0343 e.